The first kappa shape index (κ1) is 19.5. The van der Waals surface area contributed by atoms with Gasteiger partial charge in [-0.2, -0.15) is 9.97 Å². The van der Waals surface area contributed by atoms with Crippen molar-refractivity contribution < 1.29 is 4.74 Å². The van der Waals surface area contributed by atoms with E-state index in [4.69, 9.17) is 14.7 Å². The molecule has 0 spiro atoms. The minimum Gasteiger partial charge on any atom is -0.462 e. The van der Waals surface area contributed by atoms with E-state index in [0.29, 0.717) is 24.7 Å². The lowest BCUT2D eigenvalue weighted by Gasteiger charge is -2.30. The van der Waals surface area contributed by atoms with Crippen molar-refractivity contribution in [2.45, 2.75) is 50.9 Å². The molecule has 2 saturated heterocycles. The summed E-state index contributed by atoms with van der Waals surface area (Å²) >= 11 is 0. The molecule has 3 aliphatic heterocycles. The van der Waals surface area contributed by atoms with Gasteiger partial charge in [0, 0.05) is 56.9 Å². The van der Waals surface area contributed by atoms with Crippen molar-refractivity contribution in [2.75, 3.05) is 44.2 Å². The molecule has 1 aromatic carbocycles. The molecule has 2 fully saturated rings. The van der Waals surface area contributed by atoms with Gasteiger partial charge in [-0.05, 0) is 43.4 Å². The van der Waals surface area contributed by atoms with Gasteiger partial charge >= 0.3 is 6.01 Å². The number of aryl methyl sites for hydroxylation is 1. The first-order chi connectivity index (χ1) is 15.3. The second-order valence-electron chi connectivity index (χ2n) is 9.25. The molecule has 2 atom stereocenters. The zero-order valence-electron chi connectivity index (χ0n) is 18.1. The van der Waals surface area contributed by atoms with E-state index in [-0.39, 0.29) is 0 Å². The molecule has 4 aliphatic rings. The summed E-state index contributed by atoms with van der Waals surface area (Å²) in [7, 11) is 0. The summed E-state index contributed by atoms with van der Waals surface area (Å²) in [5.41, 5.74) is 5.46. The number of nitrogens with one attached hydrogen (secondary N) is 2. The van der Waals surface area contributed by atoms with Gasteiger partial charge in [-0.3, -0.25) is 4.90 Å². The number of fused-ring (bicyclic) bond motifs is 2. The molecule has 0 saturated carbocycles. The Bertz CT molecular complexity index is 938. The maximum atomic E-state index is 6.12. The topological polar surface area (TPSA) is 65.5 Å². The highest BCUT2D eigenvalue weighted by Gasteiger charge is 2.35. The molecule has 164 valence electrons. The molecule has 1 aliphatic carbocycles. The number of benzene rings is 1. The van der Waals surface area contributed by atoms with Crippen LogP contribution in [0.2, 0.25) is 0 Å². The molecule has 4 heterocycles. The molecule has 2 N–H and O–H groups in total. The van der Waals surface area contributed by atoms with E-state index in [1.165, 1.54) is 42.4 Å². The Morgan fingerprint density at radius 3 is 2.81 bits per heavy atom. The van der Waals surface area contributed by atoms with Crippen LogP contribution in [0.5, 0.6) is 6.01 Å². The Labute approximate surface area is 184 Å². The fourth-order valence-electron chi connectivity index (χ4n) is 5.65. The Balaban J connectivity index is 1.27. The maximum absolute atomic E-state index is 6.12. The molecular weight excluding hydrogens is 388 g/mol. The van der Waals surface area contributed by atoms with Crippen LogP contribution in [0.15, 0.2) is 24.3 Å². The van der Waals surface area contributed by atoms with Crippen LogP contribution in [-0.4, -0.2) is 60.2 Å². The molecule has 2 aromatic rings. The van der Waals surface area contributed by atoms with Gasteiger partial charge in [0.05, 0.1) is 5.69 Å². The van der Waals surface area contributed by atoms with Gasteiger partial charge in [0.15, 0.2) is 0 Å². The first-order valence-electron chi connectivity index (χ1n) is 11.9. The van der Waals surface area contributed by atoms with Gasteiger partial charge in [-0.1, -0.05) is 24.3 Å². The second-order valence-corrected chi connectivity index (χ2v) is 9.25. The number of hydrogen-bond acceptors (Lipinski definition) is 7. The molecule has 6 rings (SSSR count). The number of anilines is 1. The molecule has 1 unspecified atom stereocenters. The second kappa shape index (κ2) is 8.37. The maximum Gasteiger partial charge on any atom is 0.318 e. The van der Waals surface area contributed by atoms with E-state index in [1.54, 1.807) is 0 Å². The van der Waals surface area contributed by atoms with Gasteiger partial charge in [0.25, 0.3) is 0 Å². The Kier molecular flexibility index (Phi) is 5.26. The number of hydrogen-bond donors (Lipinski definition) is 2. The van der Waals surface area contributed by atoms with E-state index in [2.05, 4.69) is 44.7 Å². The van der Waals surface area contributed by atoms with Crippen LogP contribution in [0.25, 0.3) is 0 Å². The van der Waals surface area contributed by atoms with Crippen LogP contribution < -0.4 is 20.3 Å². The number of ether oxygens (including phenoxy) is 1. The van der Waals surface area contributed by atoms with Crippen molar-refractivity contribution in [1.82, 2.24) is 25.5 Å². The lowest BCUT2D eigenvalue weighted by molar-refractivity contribution is 0.198. The lowest BCUT2D eigenvalue weighted by atomic mass is 10.1. The predicted octanol–water partition coefficient (Wildman–Crippen LogP) is 2.02. The van der Waals surface area contributed by atoms with E-state index in [9.17, 15) is 0 Å². The number of rotatable bonds is 5. The third kappa shape index (κ3) is 3.79. The summed E-state index contributed by atoms with van der Waals surface area (Å²) < 4.78 is 6.12. The number of nitrogens with zero attached hydrogens (tertiary/aromatic N) is 4. The van der Waals surface area contributed by atoms with Crippen LogP contribution >= 0.6 is 0 Å². The smallest absolute Gasteiger partial charge is 0.318 e. The van der Waals surface area contributed by atoms with Gasteiger partial charge in [-0.15, -0.1) is 0 Å². The van der Waals surface area contributed by atoms with Crippen molar-refractivity contribution in [3.8, 4) is 6.01 Å². The van der Waals surface area contributed by atoms with Crippen molar-refractivity contribution in [2.24, 2.45) is 0 Å². The van der Waals surface area contributed by atoms with Crippen LogP contribution in [0.1, 0.15) is 47.7 Å². The van der Waals surface area contributed by atoms with Crippen molar-refractivity contribution in [3.05, 3.63) is 46.6 Å². The summed E-state index contributed by atoms with van der Waals surface area (Å²) in [5.74, 6) is 1.09. The van der Waals surface area contributed by atoms with E-state index in [0.717, 1.165) is 57.3 Å². The summed E-state index contributed by atoms with van der Waals surface area (Å²) in [6.45, 7) is 7.52. The van der Waals surface area contributed by atoms with Crippen LogP contribution in [0.3, 0.4) is 0 Å². The minimum atomic E-state index is 0.422. The Morgan fingerprint density at radius 2 is 1.94 bits per heavy atom. The van der Waals surface area contributed by atoms with E-state index in [1.807, 2.05) is 0 Å². The zero-order chi connectivity index (χ0) is 20.6. The summed E-state index contributed by atoms with van der Waals surface area (Å²) in [4.78, 5) is 14.9. The average Bonchev–Trinajstić information content (AvgIpc) is 3.56. The van der Waals surface area contributed by atoms with Gasteiger partial charge in [0.2, 0.25) is 0 Å². The summed E-state index contributed by atoms with van der Waals surface area (Å²) in [5, 5.41) is 6.96. The normalized spacial score (nSPS) is 25.6. The van der Waals surface area contributed by atoms with Gasteiger partial charge in [0.1, 0.15) is 12.4 Å². The minimum absolute atomic E-state index is 0.422. The SMILES string of the molecule is c1ccc2c(c1)CCC2N1Cc2nc(OC[C@@H]3CCCN3)nc(N3CCNCC3)c2C1. The predicted molar refractivity (Wildman–Crippen MR) is 120 cm³/mol. The summed E-state index contributed by atoms with van der Waals surface area (Å²) in [6, 6.07) is 10.4. The van der Waals surface area contributed by atoms with Gasteiger partial charge < -0.3 is 20.3 Å². The molecule has 0 amide bonds. The third-order valence-corrected chi connectivity index (χ3v) is 7.30. The molecule has 0 radical (unpaired) electrons. The average molecular weight is 421 g/mol. The quantitative estimate of drug-likeness (QED) is 0.767. The number of aromatic nitrogens is 2. The zero-order valence-corrected chi connectivity index (χ0v) is 18.1. The van der Waals surface area contributed by atoms with Gasteiger partial charge in [-0.25, -0.2) is 0 Å². The van der Waals surface area contributed by atoms with Crippen molar-refractivity contribution in [3.63, 3.8) is 0 Å². The highest BCUT2D eigenvalue weighted by molar-refractivity contribution is 5.52. The van der Waals surface area contributed by atoms with Crippen LogP contribution in [0.4, 0.5) is 5.82 Å². The highest BCUT2D eigenvalue weighted by atomic mass is 16.5. The molecule has 31 heavy (non-hydrogen) atoms. The third-order valence-electron chi connectivity index (χ3n) is 7.30. The fraction of sp³-hybridized carbons (Fsp3) is 0.583. The summed E-state index contributed by atoms with van der Waals surface area (Å²) in [6.07, 6.45) is 4.76. The van der Waals surface area contributed by atoms with Crippen molar-refractivity contribution >= 4 is 5.82 Å². The van der Waals surface area contributed by atoms with E-state index < -0.39 is 0 Å². The van der Waals surface area contributed by atoms with E-state index >= 15 is 0 Å². The van der Waals surface area contributed by atoms with Crippen molar-refractivity contribution in [1.29, 1.82) is 0 Å². The monoisotopic (exact) mass is 420 g/mol. The Hall–Kier alpha value is -2.22. The lowest BCUT2D eigenvalue weighted by Crippen LogP contribution is -2.44. The molecule has 7 heteroatoms. The fourth-order valence-corrected chi connectivity index (χ4v) is 5.65. The molecule has 7 nitrogen and oxygen atoms in total. The van der Waals surface area contributed by atoms with Crippen LogP contribution in [0, 0.1) is 0 Å². The standard InChI is InChI=1S/C24H32N6O/c1-2-6-19-17(4-1)7-8-22(19)30-14-20-21(15-30)27-24(31-16-18-5-3-9-26-18)28-23(20)29-12-10-25-11-13-29/h1-2,4,6,18,22,25-26H,3,5,7-16H2/t18-,22?/m0/s1. The van der Waals surface area contributed by atoms with Crippen LogP contribution in [-0.2, 0) is 19.5 Å². The molecular formula is C24H32N6O. The first-order valence-corrected chi connectivity index (χ1v) is 11.9. The Morgan fingerprint density at radius 1 is 1.03 bits per heavy atom. The number of piperazine rings is 1. The molecule has 0 bridgehead atoms. The molecule has 1 aromatic heterocycles. The highest BCUT2D eigenvalue weighted by Crippen LogP contribution is 2.41. The largest absolute Gasteiger partial charge is 0.462 e.